The third kappa shape index (κ3) is 23.7. The summed E-state index contributed by atoms with van der Waals surface area (Å²) in [7, 11) is 0. The lowest BCUT2D eigenvalue weighted by Crippen LogP contribution is -2.59. The zero-order chi connectivity index (χ0) is 44.4. The topological polar surface area (TPSA) is 397 Å². The van der Waals surface area contributed by atoms with Crippen molar-refractivity contribution in [1.29, 1.82) is 5.41 Å². The third-order valence-electron chi connectivity index (χ3n) is 8.07. The molecule has 0 aromatic heterocycles. The van der Waals surface area contributed by atoms with Gasteiger partial charge in [-0.25, -0.2) is 0 Å². The van der Waals surface area contributed by atoms with E-state index in [9.17, 15) is 53.1 Å². The van der Waals surface area contributed by atoms with Gasteiger partial charge >= 0.3 is 11.9 Å². The Kier molecular flexibility index (Phi) is 26.3. The number of carboxylic acid groups (broad SMARTS) is 2. The number of guanidine groups is 1. The summed E-state index contributed by atoms with van der Waals surface area (Å²) in [4.78, 5) is 125. The number of carbonyl (C=O) groups is 10. The molecule has 25 heteroatoms. The average molecular weight is 864 g/mol. The van der Waals surface area contributed by atoms with Gasteiger partial charge in [-0.2, -0.15) is 23.5 Å². The summed E-state index contributed by atoms with van der Waals surface area (Å²) in [6.45, 7) is 1.22. The fraction of sp³-hybridized carbons (Fsp3) is 0.667. The smallest absolute Gasteiger partial charge is 0.303 e. The maximum absolute atomic E-state index is 13.8. The number of hydrogen-bond donors (Lipinski definition) is 13. The van der Waals surface area contributed by atoms with Crippen LogP contribution in [0.2, 0.25) is 0 Å². The van der Waals surface area contributed by atoms with E-state index in [4.69, 9.17) is 27.7 Å². The van der Waals surface area contributed by atoms with Crippen molar-refractivity contribution >= 4 is 88.7 Å². The number of aliphatic carboxylic acids is 2. The van der Waals surface area contributed by atoms with Crippen molar-refractivity contribution in [2.45, 2.75) is 107 Å². The van der Waals surface area contributed by atoms with Gasteiger partial charge < -0.3 is 64.6 Å². The van der Waals surface area contributed by atoms with Crippen molar-refractivity contribution < 1.29 is 58.2 Å². The fourth-order valence-corrected chi connectivity index (χ4v) is 6.00. The van der Waals surface area contributed by atoms with Crippen molar-refractivity contribution in [1.82, 2.24) is 37.2 Å². The predicted octanol–water partition coefficient (Wildman–Crippen LogP) is -3.84. The van der Waals surface area contributed by atoms with Crippen LogP contribution in [0.1, 0.15) is 71.1 Å². The van der Waals surface area contributed by atoms with E-state index in [0.717, 1.165) is 6.92 Å². The van der Waals surface area contributed by atoms with E-state index in [1.54, 1.807) is 12.5 Å². The van der Waals surface area contributed by atoms with Crippen molar-refractivity contribution in [3.63, 3.8) is 0 Å². The number of nitrogens with one attached hydrogen (secondary N) is 8. The van der Waals surface area contributed by atoms with Crippen molar-refractivity contribution in [2.24, 2.45) is 17.2 Å². The molecule has 0 radical (unpaired) electrons. The van der Waals surface area contributed by atoms with E-state index in [1.807, 2.05) is 0 Å². The highest BCUT2D eigenvalue weighted by atomic mass is 32.2. The molecular weight excluding hydrogens is 807 g/mol. The molecule has 0 spiro atoms. The molecule has 0 rings (SSSR count). The van der Waals surface area contributed by atoms with Crippen LogP contribution in [-0.2, 0) is 47.9 Å². The van der Waals surface area contributed by atoms with Gasteiger partial charge in [0.2, 0.25) is 47.3 Å². The number of hydrogen-bond acceptors (Lipinski definition) is 13. The molecule has 8 amide bonds. The summed E-state index contributed by atoms with van der Waals surface area (Å²) in [6, 6.07) is -8.18. The summed E-state index contributed by atoms with van der Waals surface area (Å²) in [5, 5.41) is 43.0. The summed E-state index contributed by atoms with van der Waals surface area (Å²) in [6.07, 6.45) is 1.26. The lowest BCUT2D eigenvalue weighted by atomic mass is 10.1. The van der Waals surface area contributed by atoms with Crippen LogP contribution >= 0.6 is 23.5 Å². The second-order valence-corrected chi connectivity index (χ2v) is 14.8. The second-order valence-electron chi connectivity index (χ2n) is 12.9. The number of amides is 8. The Balaban J connectivity index is 6.46. The van der Waals surface area contributed by atoms with Crippen LogP contribution in [-0.4, -0.2) is 142 Å². The average Bonchev–Trinajstić information content (AvgIpc) is 3.13. The Labute approximate surface area is 343 Å². The van der Waals surface area contributed by atoms with E-state index >= 15 is 0 Å². The van der Waals surface area contributed by atoms with Crippen LogP contribution in [0.3, 0.4) is 0 Å². The molecule has 0 saturated carbocycles. The molecule has 0 aliphatic rings. The van der Waals surface area contributed by atoms with Gasteiger partial charge in [-0.15, -0.1) is 0 Å². The summed E-state index contributed by atoms with van der Waals surface area (Å²) in [5.41, 5.74) is 15.9. The quantitative estimate of drug-likeness (QED) is 0.0180. The standard InChI is InChI=1S/C33H57N11O12S2/c1-17(45)39-20(6-9-24(34)46)29(53)42-21(8-11-26(49)50)30(54)44-23(13-16-58-3)32(56)41-19(5-4-14-38-33(36)37)28(52)43-22(12-15-57-2)31(55)40-18(27(35)51)7-10-25(47)48/h18-23H,4-16H2,1-3H3,(H2,34,46)(H2,35,51)(H,39,45)(H,40,55)(H,41,56)(H,42,53)(H,43,52)(H,44,54)(H,47,48)(H,49,50)(H4,36,37,38)/t18-,19-,20-,21-,22-,23-/m0/s1. The van der Waals surface area contributed by atoms with Gasteiger partial charge in [0.25, 0.3) is 0 Å². The van der Waals surface area contributed by atoms with Crippen molar-refractivity contribution in [3.8, 4) is 0 Å². The Bertz CT molecular complexity index is 1470. The molecule has 23 nitrogen and oxygen atoms in total. The van der Waals surface area contributed by atoms with Crippen LogP contribution in [0.5, 0.6) is 0 Å². The Hall–Kier alpha value is -5.33. The lowest BCUT2D eigenvalue weighted by Gasteiger charge is -2.27. The minimum Gasteiger partial charge on any atom is -0.481 e. The van der Waals surface area contributed by atoms with E-state index in [1.165, 1.54) is 23.5 Å². The number of carboxylic acids is 2. The van der Waals surface area contributed by atoms with Crippen LogP contribution in [0, 0.1) is 5.41 Å². The zero-order valence-corrected chi connectivity index (χ0v) is 34.3. The maximum Gasteiger partial charge on any atom is 0.303 e. The van der Waals surface area contributed by atoms with Gasteiger partial charge in [-0.05, 0) is 69.0 Å². The molecule has 0 unspecified atom stereocenters. The van der Waals surface area contributed by atoms with Gasteiger partial charge in [-0.3, -0.25) is 53.4 Å². The fourth-order valence-electron chi connectivity index (χ4n) is 5.06. The second kappa shape index (κ2) is 29.0. The molecule has 58 heavy (non-hydrogen) atoms. The predicted molar refractivity (Wildman–Crippen MR) is 214 cm³/mol. The molecule has 328 valence electrons. The number of carbonyl (C=O) groups excluding carboxylic acids is 8. The van der Waals surface area contributed by atoms with Gasteiger partial charge in [0.1, 0.15) is 36.3 Å². The minimum atomic E-state index is -1.54. The van der Waals surface area contributed by atoms with E-state index < -0.39 is 115 Å². The molecule has 0 aliphatic heterocycles. The Morgan fingerprint density at radius 3 is 1.22 bits per heavy atom. The molecule has 0 heterocycles. The highest BCUT2D eigenvalue weighted by Crippen LogP contribution is 2.09. The molecular formula is C33H57N11O12S2. The van der Waals surface area contributed by atoms with E-state index in [0.29, 0.717) is 11.5 Å². The van der Waals surface area contributed by atoms with Crippen molar-refractivity contribution in [2.75, 3.05) is 30.6 Å². The number of thioether (sulfide) groups is 2. The molecule has 0 saturated heterocycles. The third-order valence-corrected chi connectivity index (χ3v) is 9.35. The number of rotatable bonds is 31. The summed E-state index contributed by atoms with van der Waals surface area (Å²) in [5.74, 6) is -9.08. The van der Waals surface area contributed by atoms with Crippen LogP contribution < -0.4 is 54.4 Å². The number of nitrogens with two attached hydrogens (primary N) is 3. The van der Waals surface area contributed by atoms with Crippen LogP contribution in [0.15, 0.2) is 0 Å². The maximum atomic E-state index is 13.8. The Morgan fingerprint density at radius 2 is 0.879 bits per heavy atom. The monoisotopic (exact) mass is 863 g/mol. The normalized spacial score (nSPS) is 13.8. The van der Waals surface area contributed by atoms with Crippen LogP contribution in [0.25, 0.3) is 0 Å². The summed E-state index contributed by atoms with van der Waals surface area (Å²) >= 11 is 2.65. The highest BCUT2D eigenvalue weighted by molar-refractivity contribution is 7.98. The highest BCUT2D eigenvalue weighted by Gasteiger charge is 2.33. The first kappa shape index (κ1) is 52.7. The largest absolute Gasteiger partial charge is 0.481 e. The number of primary amides is 2. The first-order valence-corrected chi connectivity index (χ1v) is 20.9. The van der Waals surface area contributed by atoms with Gasteiger partial charge in [0.05, 0.1) is 0 Å². The summed E-state index contributed by atoms with van der Waals surface area (Å²) < 4.78 is 0. The molecule has 6 atom stereocenters. The minimum absolute atomic E-state index is 0.00466. The van der Waals surface area contributed by atoms with Crippen LogP contribution in [0.4, 0.5) is 0 Å². The molecule has 0 bridgehead atoms. The SMILES string of the molecule is CSCC[C@H](NC(=O)[C@H](CCCNC(=N)N)NC(=O)[C@H](CCSC)NC(=O)[C@H](CCC(=O)O)NC(=O)[C@H](CCC(N)=O)NC(C)=O)C(=O)N[C@@H](CCC(=O)O)C(N)=O. The lowest BCUT2D eigenvalue weighted by molar-refractivity contribution is -0.139. The van der Waals surface area contributed by atoms with Gasteiger partial charge in [0, 0.05) is 32.7 Å². The molecule has 0 aliphatic carbocycles. The molecule has 0 aromatic carbocycles. The van der Waals surface area contributed by atoms with Gasteiger partial charge in [-0.1, -0.05) is 0 Å². The van der Waals surface area contributed by atoms with Crippen molar-refractivity contribution in [3.05, 3.63) is 0 Å². The first-order chi connectivity index (χ1) is 27.2. The van der Waals surface area contributed by atoms with Gasteiger partial charge in [0.15, 0.2) is 5.96 Å². The molecule has 0 aromatic rings. The zero-order valence-electron chi connectivity index (χ0n) is 32.7. The first-order valence-electron chi connectivity index (χ1n) is 18.1. The van der Waals surface area contributed by atoms with E-state index in [2.05, 4.69) is 37.2 Å². The molecule has 16 N–H and O–H groups in total. The Morgan fingerprint density at radius 1 is 0.534 bits per heavy atom. The molecule has 0 fully saturated rings. The van der Waals surface area contributed by atoms with E-state index in [-0.39, 0.29) is 57.5 Å².